The Morgan fingerprint density at radius 2 is 2.16 bits per heavy atom. The minimum Gasteiger partial charge on any atom is -0.298 e. The Balaban J connectivity index is 2.58. The zero-order chi connectivity index (χ0) is 14.1. The van der Waals surface area contributed by atoms with Crippen molar-refractivity contribution >= 4 is 11.8 Å². The third-order valence-electron chi connectivity index (χ3n) is 3.36. The second kappa shape index (κ2) is 9.00. The van der Waals surface area contributed by atoms with Crippen LogP contribution in [-0.4, -0.2) is 30.8 Å². The van der Waals surface area contributed by atoms with Gasteiger partial charge in [0.25, 0.3) is 0 Å². The number of hydrogen-bond acceptors (Lipinski definition) is 2. The highest BCUT2D eigenvalue weighted by atomic mass is 32.2. The smallest absolute Gasteiger partial charge is 0.0233 e. The Morgan fingerprint density at radius 1 is 1.37 bits per heavy atom. The summed E-state index contributed by atoms with van der Waals surface area (Å²) in [5.41, 5.74) is 1.29. The molecule has 1 heterocycles. The summed E-state index contributed by atoms with van der Waals surface area (Å²) < 4.78 is 0. The largest absolute Gasteiger partial charge is 0.298 e. The van der Waals surface area contributed by atoms with Gasteiger partial charge >= 0.3 is 0 Å². The fourth-order valence-corrected chi connectivity index (χ4v) is 3.12. The average Bonchev–Trinajstić information content (AvgIpc) is 2.89. The van der Waals surface area contributed by atoms with Crippen LogP contribution in [0.5, 0.6) is 0 Å². The number of rotatable bonds is 7. The van der Waals surface area contributed by atoms with E-state index in [2.05, 4.69) is 48.6 Å². The molecule has 1 aliphatic rings. The first-order chi connectivity index (χ1) is 9.24. The lowest BCUT2D eigenvalue weighted by atomic mass is 10.1. The van der Waals surface area contributed by atoms with Crippen molar-refractivity contribution < 1.29 is 0 Å². The van der Waals surface area contributed by atoms with Gasteiger partial charge in [0.05, 0.1) is 0 Å². The second-order valence-corrected chi connectivity index (χ2v) is 5.58. The molecule has 1 nitrogen and oxygen atoms in total. The van der Waals surface area contributed by atoms with E-state index in [-0.39, 0.29) is 0 Å². The molecule has 0 bridgehead atoms. The van der Waals surface area contributed by atoms with E-state index in [0.717, 1.165) is 13.1 Å². The number of hydrogen-bond donors (Lipinski definition) is 0. The summed E-state index contributed by atoms with van der Waals surface area (Å²) in [5, 5.41) is 0. The molecule has 2 heteroatoms. The number of nitrogens with zero attached hydrogens (tertiary/aromatic N) is 1. The zero-order valence-corrected chi connectivity index (χ0v) is 13.0. The summed E-state index contributed by atoms with van der Waals surface area (Å²) in [7, 11) is 0. The first-order valence-corrected chi connectivity index (χ1v) is 8.00. The monoisotopic (exact) mass is 275 g/mol. The Kier molecular flexibility index (Phi) is 7.61. The predicted molar refractivity (Wildman–Crippen MR) is 89.4 cm³/mol. The van der Waals surface area contributed by atoms with Gasteiger partial charge in [-0.1, -0.05) is 49.6 Å². The van der Waals surface area contributed by atoms with Crippen LogP contribution >= 0.6 is 11.8 Å². The van der Waals surface area contributed by atoms with Crippen LogP contribution in [0.4, 0.5) is 0 Å². The molecule has 0 N–H and O–H groups in total. The first-order valence-electron chi connectivity index (χ1n) is 6.78. The van der Waals surface area contributed by atoms with Crippen LogP contribution < -0.4 is 0 Å². The molecule has 1 rings (SSSR count). The van der Waals surface area contributed by atoms with Crippen molar-refractivity contribution in [3.8, 4) is 0 Å². The van der Waals surface area contributed by atoms with Gasteiger partial charge in [-0.05, 0) is 36.6 Å². The van der Waals surface area contributed by atoms with Gasteiger partial charge in [0.1, 0.15) is 0 Å². The van der Waals surface area contributed by atoms with Gasteiger partial charge in [0, 0.05) is 19.0 Å². The SMILES string of the molecule is C=C/C=C(\SC)C1CCN(C/C(C=C)=C/C=C\C)C1. The van der Waals surface area contributed by atoms with E-state index in [1.807, 2.05) is 30.8 Å². The van der Waals surface area contributed by atoms with Gasteiger partial charge in [-0.15, -0.1) is 11.8 Å². The van der Waals surface area contributed by atoms with Crippen LogP contribution in [0.25, 0.3) is 0 Å². The minimum absolute atomic E-state index is 0.667. The van der Waals surface area contributed by atoms with Crippen molar-refractivity contribution in [1.82, 2.24) is 4.90 Å². The van der Waals surface area contributed by atoms with Crippen LogP contribution in [0.3, 0.4) is 0 Å². The van der Waals surface area contributed by atoms with Gasteiger partial charge in [-0.3, -0.25) is 4.90 Å². The van der Waals surface area contributed by atoms with Crippen LogP contribution in [0.2, 0.25) is 0 Å². The molecular formula is C17H25NS. The van der Waals surface area contributed by atoms with E-state index in [1.165, 1.54) is 23.4 Å². The quantitative estimate of drug-likeness (QED) is 0.632. The standard InChI is InChI=1S/C17H25NS/c1-5-8-10-15(7-3)13-18-12-11-16(14-18)17(19-4)9-6-2/h5-10,16H,2-3,11-14H2,1,4H3/b8-5-,15-10+,17-9-. The Hall–Kier alpha value is -0.990. The summed E-state index contributed by atoms with van der Waals surface area (Å²) >= 11 is 1.85. The Morgan fingerprint density at radius 3 is 2.74 bits per heavy atom. The molecule has 0 aliphatic carbocycles. The van der Waals surface area contributed by atoms with E-state index in [0.29, 0.717) is 5.92 Å². The molecule has 0 spiro atoms. The molecule has 0 aromatic heterocycles. The van der Waals surface area contributed by atoms with E-state index in [9.17, 15) is 0 Å². The first kappa shape index (κ1) is 16.1. The van der Waals surface area contributed by atoms with Gasteiger partial charge in [0.2, 0.25) is 0 Å². The van der Waals surface area contributed by atoms with Crippen molar-refractivity contribution in [2.75, 3.05) is 25.9 Å². The summed E-state index contributed by atoms with van der Waals surface area (Å²) in [6, 6.07) is 0. The third-order valence-corrected chi connectivity index (χ3v) is 4.30. The number of allylic oxidation sites excluding steroid dienone is 5. The lowest BCUT2D eigenvalue weighted by Crippen LogP contribution is -2.23. The maximum absolute atomic E-state index is 3.90. The third kappa shape index (κ3) is 5.25. The molecule has 1 fully saturated rings. The summed E-state index contributed by atoms with van der Waals surface area (Å²) in [5.74, 6) is 0.667. The molecule has 1 atom stereocenters. The summed E-state index contributed by atoms with van der Waals surface area (Å²) in [6.07, 6.45) is 15.7. The fourth-order valence-electron chi connectivity index (χ4n) is 2.36. The molecule has 0 saturated carbocycles. The molecule has 0 aromatic rings. The molecular weight excluding hydrogens is 250 g/mol. The van der Waals surface area contributed by atoms with Crippen molar-refractivity contribution in [2.24, 2.45) is 5.92 Å². The zero-order valence-electron chi connectivity index (χ0n) is 12.1. The van der Waals surface area contributed by atoms with Gasteiger partial charge in [-0.25, -0.2) is 0 Å². The maximum atomic E-state index is 3.90. The van der Waals surface area contributed by atoms with Crippen molar-refractivity contribution in [3.05, 3.63) is 60.1 Å². The van der Waals surface area contributed by atoms with E-state index >= 15 is 0 Å². The summed E-state index contributed by atoms with van der Waals surface area (Å²) in [6.45, 7) is 13.0. The minimum atomic E-state index is 0.667. The van der Waals surface area contributed by atoms with Crippen LogP contribution in [-0.2, 0) is 0 Å². The number of thioether (sulfide) groups is 1. The highest BCUT2D eigenvalue weighted by Crippen LogP contribution is 2.30. The fraction of sp³-hybridized carbons (Fsp3) is 0.412. The normalized spacial score (nSPS) is 22.1. The van der Waals surface area contributed by atoms with E-state index in [4.69, 9.17) is 0 Å². The van der Waals surface area contributed by atoms with Crippen molar-refractivity contribution in [3.63, 3.8) is 0 Å². The van der Waals surface area contributed by atoms with Gasteiger partial charge < -0.3 is 0 Å². The van der Waals surface area contributed by atoms with Crippen molar-refractivity contribution in [2.45, 2.75) is 13.3 Å². The van der Waals surface area contributed by atoms with Crippen LogP contribution in [0.15, 0.2) is 60.1 Å². The Bertz CT molecular complexity index is 390. The Labute approximate surface area is 122 Å². The van der Waals surface area contributed by atoms with Crippen LogP contribution in [0.1, 0.15) is 13.3 Å². The molecule has 1 unspecified atom stereocenters. The number of likely N-dealkylation sites (tertiary alicyclic amines) is 1. The highest BCUT2D eigenvalue weighted by molar-refractivity contribution is 8.02. The lowest BCUT2D eigenvalue weighted by Gasteiger charge is -2.17. The summed E-state index contributed by atoms with van der Waals surface area (Å²) in [4.78, 5) is 3.96. The molecule has 104 valence electrons. The highest BCUT2D eigenvalue weighted by Gasteiger charge is 2.24. The van der Waals surface area contributed by atoms with Gasteiger partial charge in [0.15, 0.2) is 0 Å². The topological polar surface area (TPSA) is 3.24 Å². The van der Waals surface area contributed by atoms with E-state index in [1.54, 1.807) is 0 Å². The lowest BCUT2D eigenvalue weighted by molar-refractivity contribution is 0.362. The van der Waals surface area contributed by atoms with E-state index < -0.39 is 0 Å². The van der Waals surface area contributed by atoms with Gasteiger partial charge in [-0.2, -0.15) is 0 Å². The van der Waals surface area contributed by atoms with Crippen LogP contribution in [0, 0.1) is 5.92 Å². The second-order valence-electron chi connectivity index (χ2n) is 4.70. The molecule has 0 radical (unpaired) electrons. The maximum Gasteiger partial charge on any atom is 0.0233 e. The molecule has 1 saturated heterocycles. The molecule has 1 aliphatic heterocycles. The molecule has 0 amide bonds. The van der Waals surface area contributed by atoms with Crippen molar-refractivity contribution in [1.29, 1.82) is 0 Å². The average molecular weight is 275 g/mol. The molecule has 19 heavy (non-hydrogen) atoms. The molecule has 0 aromatic carbocycles. The predicted octanol–water partition coefficient (Wildman–Crippen LogP) is 4.43.